The van der Waals surface area contributed by atoms with Crippen molar-refractivity contribution in [1.82, 2.24) is 0 Å². The zero-order chi connectivity index (χ0) is 18.2. The maximum absolute atomic E-state index is 11.0. The van der Waals surface area contributed by atoms with Crippen molar-refractivity contribution in [1.29, 1.82) is 0 Å². The van der Waals surface area contributed by atoms with Gasteiger partial charge in [-0.1, -0.05) is 25.8 Å². The Bertz CT molecular complexity index is 651. The van der Waals surface area contributed by atoms with Crippen molar-refractivity contribution in [2.45, 2.75) is 76.3 Å². The smallest absolute Gasteiger partial charge is 0.130 e. The Kier molecular flexibility index (Phi) is 3.74. The molecule has 0 unspecified atom stereocenters. The maximum Gasteiger partial charge on any atom is 0.130 e. The van der Waals surface area contributed by atoms with E-state index in [0.717, 1.165) is 31.3 Å². The number of fused-ring (bicyclic) bond motifs is 5. The predicted octanol–water partition coefficient (Wildman–Crippen LogP) is 1.62. The highest BCUT2D eigenvalue weighted by atomic mass is 16.3. The van der Waals surface area contributed by atoms with Gasteiger partial charge in [-0.05, 0) is 67.3 Å². The van der Waals surface area contributed by atoms with Gasteiger partial charge in [0.15, 0.2) is 0 Å². The Labute approximate surface area is 150 Å². The first-order valence-corrected chi connectivity index (χ1v) is 9.64. The lowest BCUT2D eigenvalue weighted by atomic mass is 9.46. The largest absolute Gasteiger partial charge is 0.390 e. The fourth-order valence-electron chi connectivity index (χ4n) is 6.95. The standard InChI is InChI=1S/C21H30O4/c1-4-21(25)10-6-13-17-12(5-9-20(13,21)3)19(2)8-7-15(22)18(24)14(19)11-16(17)23/h1,11-13,15-18,22-25H,5-10H2,2-3H3/t12-,13-,15+,16+,17+,18-,19+,20-,21-/m0/s1. The number of rotatable bonds is 0. The average molecular weight is 346 g/mol. The predicted molar refractivity (Wildman–Crippen MR) is 94.3 cm³/mol. The Balaban J connectivity index is 1.77. The monoisotopic (exact) mass is 346 g/mol. The molecule has 0 aromatic carbocycles. The molecule has 25 heavy (non-hydrogen) atoms. The zero-order valence-corrected chi connectivity index (χ0v) is 15.2. The fourth-order valence-corrected chi connectivity index (χ4v) is 6.95. The van der Waals surface area contributed by atoms with Crippen molar-refractivity contribution < 1.29 is 20.4 Å². The van der Waals surface area contributed by atoms with E-state index in [4.69, 9.17) is 6.42 Å². The van der Waals surface area contributed by atoms with Crippen molar-refractivity contribution >= 4 is 0 Å². The van der Waals surface area contributed by atoms with Gasteiger partial charge < -0.3 is 20.4 Å². The molecular weight excluding hydrogens is 316 g/mol. The molecule has 3 saturated carbocycles. The first kappa shape index (κ1) is 17.5. The molecule has 0 aliphatic heterocycles. The van der Waals surface area contributed by atoms with Crippen LogP contribution in [0.4, 0.5) is 0 Å². The summed E-state index contributed by atoms with van der Waals surface area (Å²) in [4.78, 5) is 0. The number of aliphatic hydroxyl groups is 4. The minimum atomic E-state index is -1.09. The molecule has 138 valence electrons. The summed E-state index contributed by atoms with van der Waals surface area (Å²) < 4.78 is 0. The molecule has 0 aromatic heterocycles. The lowest BCUT2D eigenvalue weighted by Gasteiger charge is -2.60. The Morgan fingerprint density at radius 2 is 1.72 bits per heavy atom. The van der Waals surface area contributed by atoms with E-state index >= 15 is 0 Å². The molecular formula is C21H30O4. The second-order valence-electron chi connectivity index (χ2n) is 9.37. The highest BCUT2D eigenvalue weighted by Crippen LogP contribution is 2.66. The SMILES string of the molecule is C#C[C@]1(O)CC[C@H]2[C@@H]3[C@H](O)C=C4[C@H](O)[C@H](O)CC[C@]4(C)[C@H]3CC[C@@]21C. The van der Waals surface area contributed by atoms with Crippen molar-refractivity contribution in [2.75, 3.05) is 0 Å². The van der Waals surface area contributed by atoms with Gasteiger partial charge in [-0.15, -0.1) is 6.42 Å². The summed E-state index contributed by atoms with van der Waals surface area (Å²) in [7, 11) is 0. The van der Waals surface area contributed by atoms with Crippen molar-refractivity contribution in [2.24, 2.45) is 28.6 Å². The summed E-state index contributed by atoms with van der Waals surface area (Å²) in [5.41, 5.74) is -0.830. The molecule has 9 atom stereocenters. The third-order valence-corrected chi connectivity index (χ3v) is 8.59. The lowest BCUT2D eigenvalue weighted by molar-refractivity contribution is -0.131. The van der Waals surface area contributed by atoms with Crippen molar-refractivity contribution in [3.8, 4) is 12.3 Å². The summed E-state index contributed by atoms with van der Waals surface area (Å²) in [6.07, 6.45) is 9.78. The van der Waals surface area contributed by atoms with Gasteiger partial charge in [0.05, 0.1) is 12.2 Å². The van der Waals surface area contributed by atoms with Crippen LogP contribution in [-0.2, 0) is 0 Å². The van der Waals surface area contributed by atoms with Gasteiger partial charge in [-0.2, -0.15) is 0 Å². The van der Waals surface area contributed by atoms with Crippen LogP contribution in [0.15, 0.2) is 11.6 Å². The summed E-state index contributed by atoms with van der Waals surface area (Å²) >= 11 is 0. The first-order valence-electron chi connectivity index (χ1n) is 9.64. The molecule has 0 bridgehead atoms. The van der Waals surface area contributed by atoms with Crippen LogP contribution in [0.5, 0.6) is 0 Å². The highest BCUT2D eigenvalue weighted by Gasteiger charge is 2.65. The average Bonchev–Trinajstić information content (AvgIpc) is 2.86. The lowest BCUT2D eigenvalue weighted by Crippen LogP contribution is -2.59. The fraction of sp³-hybridized carbons (Fsp3) is 0.810. The van der Waals surface area contributed by atoms with Crippen LogP contribution in [-0.4, -0.2) is 44.3 Å². The zero-order valence-electron chi connectivity index (χ0n) is 15.2. The third kappa shape index (κ3) is 2.04. The molecule has 4 rings (SSSR count). The summed E-state index contributed by atoms with van der Waals surface area (Å²) in [5, 5.41) is 42.5. The van der Waals surface area contributed by atoms with E-state index < -0.39 is 23.9 Å². The third-order valence-electron chi connectivity index (χ3n) is 8.59. The van der Waals surface area contributed by atoms with Gasteiger partial charge in [0, 0.05) is 5.41 Å². The Hall–Kier alpha value is -0.860. The van der Waals surface area contributed by atoms with Crippen LogP contribution in [0.1, 0.15) is 52.4 Å². The van der Waals surface area contributed by atoms with Crippen LogP contribution in [0.25, 0.3) is 0 Å². The normalized spacial score (nSPS) is 57.7. The summed E-state index contributed by atoms with van der Waals surface area (Å²) in [5.74, 6) is 3.14. The molecule has 4 nitrogen and oxygen atoms in total. The highest BCUT2D eigenvalue weighted by molar-refractivity contribution is 5.33. The van der Waals surface area contributed by atoms with Crippen molar-refractivity contribution in [3.05, 3.63) is 11.6 Å². The Morgan fingerprint density at radius 3 is 2.40 bits per heavy atom. The molecule has 0 heterocycles. The quantitative estimate of drug-likeness (QED) is 0.397. The maximum atomic E-state index is 11.0. The Morgan fingerprint density at radius 1 is 1.04 bits per heavy atom. The molecule has 4 aliphatic carbocycles. The minimum Gasteiger partial charge on any atom is -0.390 e. The first-order chi connectivity index (χ1) is 11.7. The van der Waals surface area contributed by atoms with Gasteiger partial charge >= 0.3 is 0 Å². The van der Waals surface area contributed by atoms with E-state index in [2.05, 4.69) is 19.8 Å². The van der Waals surface area contributed by atoms with E-state index in [0.29, 0.717) is 12.8 Å². The van der Waals surface area contributed by atoms with Crippen LogP contribution in [0.3, 0.4) is 0 Å². The molecule has 0 radical (unpaired) electrons. The second-order valence-corrected chi connectivity index (χ2v) is 9.37. The van der Waals surface area contributed by atoms with E-state index in [1.165, 1.54) is 0 Å². The van der Waals surface area contributed by atoms with Gasteiger partial charge in [0.1, 0.15) is 11.7 Å². The molecule has 4 aliphatic rings. The van der Waals surface area contributed by atoms with Crippen LogP contribution in [0, 0.1) is 40.9 Å². The second kappa shape index (κ2) is 5.33. The minimum absolute atomic E-state index is 0.0531. The number of hydrogen-bond donors (Lipinski definition) is 4. The van der Waals surface area contributed by atoms with Gasteiger partial charge in [0.2, 0.25) is 0 Å². The summed E-state index contributed by atoms with van der Waals surface area (Å²) in [6.45, 7) is 4.27. The van der Waals surface area contributed by atoms with E-state index in [1.807, 2.05) is 0 Å². The molecule has 4 heteroatoms. The van der Waals surface area contributed by atoms with Crippen molar-refractivity contribution in [3.63, 3.8) is 0 Å². The summed E-state index contributed by atoms with van der Waals surface area (Å²) in [6, 6.07) is 0. The molecule has 0 saturated heterocycles. The van der Waals surface area contributed by atoms with Gasteiger partial charge in [0.25, 0.3) is 0 Å². The van der Waals surface area contributed by atoms with E-state index in [9.17, 15) is 20.4 Å². The van der Waals surface area contributed by atoms with Gasteiger partial charge in [-0.3, -0.25) is 0 Å². The number of terminal acetylenes is 1. The van der Waals surface area contributed by atoms with E-state index in [-0.39, 0.29) is 28.6 Å². The molecule has 3 fully saturated rings. The van der Waals surface area contributed by atoms with Crippen LogP contribution >= 0.6 is 0 Å². The topological polar surface area (TPSA) is 80.9 Å². The van der Waals surface area contributed by atoms with E-state index in [1.54, 1.807) is 6.08 Å². The van der Waals surface area contributed by atoms with Crippen LogP contribution in [0.2, 0.25) is 0 Å². The molecule has 0 spiro atoms. The molecule has 0 amide bonds. The van der Waals surface area contributed by atoms with Crippen LogP contribution < -0.4 is 0 Å². The number of aliphatic hydroxyl groups excluding tert-OH is 3. The molecule has 0 aromatic rings. The van der Waals surface area contributed by atoms with Gasteiger partial charge in [-0.25, -0.2) is 0 Å². The number of hydrogen-bond acceptors (Lipinski definition) is 4. The molecule has 4 N–H and O–H groups in total.